The fraction of sp³-hybridized carbons (Fsp3) is 0.625. The Labute approximate surface area is 131 Å². The topological polar surface area (TPSA) is 56.3 Å². The smallest absolute Gasteiger partial charge is 0.138 e. The van der Waals surface area contributed by atoms with Crippen molar-refractivity contribution in [3.05, 3.63) is 34.7 Å². The first-order chi connectivity index (χ1) is 10.6. The first-order valence-electron chi connectivity index (χ1n) is 7.82. The lowest BCUT2D eigenvalue weighted by molar-refractivity contribution is 0.0493. The molecule has 6 heteroatoms. The molecule has 0 N–H and O–H groups in total. The average Bonchev–Trinajstić information content (AvgIpc) is 3.02. The molecule has 3 heterocycles. The van der Waals surface area contributed by atoms with E-state index < -0.39 is 0 Å². The van der Waals surface area contributed by atoms with Gasteiger partial charge in [0.1, 0.15) is 5.76 Å². The van der Waals surface area contributed by atoms with Crippen LogP contribution < -0.4 is 0 Å². The predicted molar refractivity (Wildman–Crippen MR) is 82.4 cm³/mol. The summed E-state index contributed by atoms with van der Waals surface area (Å²) < 4.78 is 13.1. The van der Waals surface area contributed by atoms with Crippen molar-refractivity contribution < 1.29 is 9.26 Å². The lowest BCUT2D eigenvalue weighted by atomic mass is 10.0. The summed E-state index contributed by atoms with van der Waals surface area (Å²) in [6.07, 6.45) is 2.87. The number of hydrogen-bond acceptors (Lipinski definition) is 5. The van der Waals surface area contributed by atoms with E-state index in [4.69, 9.17) is 9.26 Å². The highest BCUT2D eigenvalue weighted by atomic mass is 16.5. The Morgan fingerprint density at radius 1 is 1.41 bits per heavy atom. The van der Waals surface area contributed by atoms with Crippen LogP contribution in [0.25, 0.3) is 0 Å². The van der Waals surface area contributed by atoms with Crippen molar-refractivity contribution in [2.45, 2.75) is 46.3 Å². The van der Waals surface area contributed by atoms with Crippen LogP contribution in [0.5, 0.6) is 0 Å². The van der Waals surface area contributed by atoms with Crippen LogP contribution in [0.3, 0.4) is 0 Å². The van der Waals surface area contributed by atoms with Gasteiger partial charge in [-0.2, -0.15) is 0 Å². The molecule has 1 aliphatic heterocycles. The first-order valence-corrected chi connectivity index (χ1v) is 7.82. The minimum absolute atomic E-state index is 0.358. The van der Waals surface area contributed by atoms with Gasteiger partial charge in [-0.15, -0.1) is 0 Å². The van der Waals surface area contributed by atoms with Gasteiger partial charge in [0.15, 0.2) is 0 Å². The Morgan fingerprint density at radius 3 is 2.91 bits per heavy atom. The fourth-order valence-corrected chi connectivity index (χ4v) is 3.11. The van der Waals surface area contributed by atoms with Crippen molar-refractivity contribution in [1.29, 1.82) is 0 Å². The number of aryl methyl sites for hydroxylation is 3. The molecule has 0 aromatic carbocycles. The van der Waals surface area contributed by atoms with Crippen LogP contribution in [0, 0.1) is 13.8 Å². The number of ether oxygens (including phenoxy) is 1. The number of hydrogen-bond donors (Lipinski definition) is 0. The molecule has 0 spiro atoms. The quantitative estimate of drug-likeness (QED) is 0.845. The Bertz CT molecular complexity index is 627. The van der Waals surface area contributed by atoms with Crippen molar-refractivity contribution in [3.63, 3.8) is 0 Å². The Balaban J connectivity index is 1.83. The van der Waals surface area contributed by atoms with E-state index in [0.717, 1.165) is 44.2 Å². The lowest BCUT2D eigenvalue weighted by Gasteiger charge is -2.35. The molecule has 0 fully saturated rings. The van der Waals surface area contributed by atoms with E-state index in [1.54, 1.807) is 0 Å². The SMILES string of the molecule is CCOC[C@@H]1Cc2c(ncn2C)CN1Cc1c(C)noc1C. The molecule has 1 aliphatic rings. The summed E-state index contributed by atoms with van der Waals surface area (Å²) in [5.74, 6) is 0.902. The first kappa shape index (κ1) is 15.2. The molecule has 1 atom stereocenters. The molecule has 0 saturated carbocycles. The molecule has 0 saturated heterocycles. The number of rotatable bonds is 5. The highest BCUT2D eigenvalue weighted by Crippen LogP contribution is 2.26. The zero-order valence-electron chi connectivity index (χ0n) is 13.8. The average molecular weight is 304 g/mol. The van der Waals surface area contributed by atoms with Crippen LogP contribution >= 0.6 is 0 Å². The summed E-state index contributed by atoms with van der Waals surface area (Å²) in [7, 11) is 2.06. The van der Waals surface area contributed by atoms with Crippen LogP contribution in [0.4, 0.5) is 0 Å². The van der Waals surface area contributed by atoms with E-state index in [9.17, 15) is 0 Å². The van der Waals surface area contributed by atoms with E-state index in [0.29, 0.717) is 6.04 Å². The molecule has 0 unspecified atom stereocenters. The molecule has 0 aliphatic carbocycles. The van der Waals surface area contributed by atoms with Gasteiger partial charge in [-0.1, -0.05) is 5.16 Å². The molecule has 3 rings (SSSR count). The van der Waals surface area contributed by atoms with Crippen molar-refractivity contribution in [1.82, 2.24) is 19.6 Å². The summed E-state index contributed by atoms with van der Waals surface area (Å²) in [6, 6.07) is 0.358. The number of fused-ring (bicyclic) bond motifs is 1. The van der Waals surface area contributed by atoms with Gasteiger partial charge in [0.25, 0.3) is 0 Å². The van der Waals surface area contributed by atoms with E-state index in [1.807, 2.05) is 27.1 Å². The predicted octanol–water partition coefficient (Wildman–Crippen LogP) is 1.99. The Kier molecular flexibility index (Phi) is 4.31. The molecule has 6 nitrogen and oxygen atoms in total. The monoisotopic (exact) mass is 304 g/mol. The van der Waals surface area contributed by atoms with E-state index >= 15 is 0 Å². The van der Waals surface area contributed by atoms with Crippen molar-refractivity contribution in [2.75, 3.05) is 13.2 Å². The Hall–Kier alpha value is -1.66. The largest absolute Gasteiger partial charge is 0.380 e. The number of imidazole rings is 1. The van der Waals surface area contributed by atoms with Crippen LogP contribution in [0.1, 0.15) is 35.3 Å². The van der Waals surface area contributed by atoms with Crippen LogP contribution in [0.2, 0.25) is 0 Å². The molecule has 2 aromatic rings. The normalized spacial score (nSPS) is 18.6. The van der Waals surface area contributed by atoms with Gasteiger partial charge in [0.05, 0.1) is 24.3 Å². The summed E-state index contributed by atoms with van der Waals surface area (Å²) >= 11 is 0. The number of nitrogens with zero attached hydrogens (tertiary/aromatic N) is 4. The lowest BCUT2D eigenvalue weighted by Crippen LogP contribution is -2.43. The van der Waals surface area contributed by atoms with Gasteiger partial charge in [-0.25, -0.2) is 4.98 Å². The van der Waals surface area contributed by atoms with Crippen LogP contribution in [-0.4, -0.2) is 38.9 Å². The molecule has 22 heavy (non-hydrogen) atoms. The Morgan fingerprint density at radius 2 is 2.23 bits per heavy atom. The maximum absolute atomic E-state index is 5.70. The third-order valence-corrected chi connectivity index (χ3v) is 4.50. The van der Waals surface area contributed by atoms with Crippen molar-refractivity contribution in [3.8, 4) is 0 Å². The van der Waals surface area contributed by atoms with Gasteiger partial charge < -0.3 is 13.8 Å². The molecule has 0 radical (unpaired) electrons. The van der Waals surface area contributed by atoms with E-state index in [2.05, 4.69) is 26.7 Å². The summed E-state index contributed by atoms with van der Waals surface area (Å²) in [5.41, 5.74) is 4.64. The van der Waals surface area contributed by atoms with Gasteiger partial charge >= 0.3 is 0 Å². The highest BCUT2D eigenvalue weighted by Gasteiger charge is 2.30. The zero-order chi connectivity index (χ0) is 15.7. The third-order valence-electron chi connectivity index (χ3n) is 4.50. The van der Waals surface area contributed by atoms with Crippen LogP contribution in [0.15, 0.2) is 10.9 Å². The van der Waals surface area contributed by atoms with Gasteiger partial charge in [-0.05, 0) is 20.8 Å². The van der Waals surface area contributed by atoms with Gasteiger partial charge in [0.2, 0.25) is 0 Å². The zero-order valence-corrected chi connectivity index (χ0v) is 13.8. The minimum Gasteiger partial charge on any atom is -0.380 e. The second-order valence-electron chi connectivity index (χ2n) is 5.97. The maximum Gasteiger partial charge on any atom is 0.138 e. The standard InChI is InChI=1S/C16H24N4O2/c1-5-21-9-13-6-16-15(17-10-19(16)4)8-20(13)7-14-11(2)18-22-12(14)3/h10,13H,5-9H2,1-4H3/t13-/m0/s1. The number of aromatic nitrogens is 3. The van der Waals surface area contributed by atoms with Gasteiger partial charge in [-0.3, -0.25) is 4.90 Å². The molecule has 2 aromatic heterocycles. The molecular weight excluding hydrogens is 280 g/mol. The maximum atomic E-state index is 5.70. The van der Waals surface area contributed by atoms with E-state index in [-0.39, 0.29) is 0 Å². The highest BCUT2D eigenvalue weighted by molar-refractivity contribution is 5.23. The summed E-state index contributed by atoms with van der Waals surface area (Å²) in [4.78, 5) is 6.96. The molecule has 0 bridgehead atoms. The second-order valence-corrected chi connectivity index (χ2v) is 5.97. The minimum atomic E-state index is 0.358. The summed E-state index contributed by atoms with van der Waals surface area (Å²) in [5, 5.41) is 4.06. The van der Waals surface area contributed by atoms with Crippen molar-refractivity contribution in [2.24, 2.45) is 7.05 Å². The summed E-state index contributed by atoms with van der Waals surface area (Å²) in [6.45, 7) is 9.17. The molecular formula is C16H24N4O2. The van der Waals surface area contributed by atoms with E-state index in [1.165, 1.54) is 17.0 Å². The molecule has 120 valence electrons. The van der Waals surface area contributed by atoms with Gasteiger partial charge in [0, 0.05) is 50.5 Å². The van der Waals surface area contributed by atoms with Crippen molar-refractivity contribution >= 4 is 0 Å². The third kappa shape index (κ3) is 2.80. The molecule has 0 amide bonds. The second kappa shape index (κ2) is 6.22. The van der Waals surface area contributed by atoms with Crippen LogP contribution in [-0.2, 0) is 31.3 Å². The fourth-order valence-electron chi connectivity index (χ4n) is 3.11.